The summed E-state index contributed by atoms with van der Waals surface area (Å²) in [6, 6.07) is 2.19. The first-order valence-corrected chi connectivity index (χ1v) is 9.58. The van der Waals surface area contributed by atoms with Crippen molar-refractivity contribution >= 4 is 17.3 Å². The molecule has 2 heterocycles. The number of ether oxygens (including phenoxy) is 1. The quantitative estimate of drug-likeness (QED) is 0.433. The Morgan fingerprint density at radius 1 is 1.39 bits per heavy atom. The highest BCUT2D eigenvalue weighted by Gasteiger charge is 2.09. The van der Waals surface area contributed by atoms with Crippen molar-refractivity contribution in [2.45, 2.75) is 26.2 Å². The summed E-state index contributed by atoms with van der Waals surface area (Å²) in [5.74, 6) is 1.39. The molecule has 0 amide bonds. The van der Waals surface area contributed by atoms with E-state index in [4.69, 9.17) is 9.73 Å². The summed E-state index contributed by atoms with van der Waals surface area (Å²) in [6.07, 6.45) is 1.13. The second-order valence-corrected chi connectivity index (χ2v) is 6.69. The van der Waals surface area contributed by atoms with Gasteiger partial charge in [0.25, 0.3) is 0 Å². The molecule has 1 unspecified atom stereocenters. The molecule has 23 heavy (non-hydrogen) atoms. The molecule has 2 N–H and O–H groups in total. The first-order chi connectivity index (χ1) is 11.3. The second-order valence-electron chi connectivity index (χ2n) is 5.91. The topological polar surface area (TPSA) is 48.9 Å². The van der Waals surface area contributed by atoms with Crippen LogP contribution in [-0.2, 0) is 4.74 Å². The predicted octanol–water partition coefficient (Wildman–Crippen LogP) is 2.13. The van der Waals surface area contributed by atoms with Crippen molar-refractivity contribution in [3.05, 3.63) is 22.4 Å². The summed E-state index contributed by atoms with van der Waals surface area (Å²) in [5.41, 5.74) is 1.38. The standard InChI is InChI=1S/C17H30N4OS/c1-3-18-17(20-13-15(2)16-5-12-23-14-16)19-6-4-7-21-8-10-22-11-9-21/h5,12,14-15H,3-4,6-11,13H2,1-2H3,(H2,18,19,20). The molecule has 1 fully saturated rings. The summed E-state index contributed by atoms with van der Waals surface area (Å²) in [6.45, 7) is 12.0. The molecule has 2 rings (SSSR count). The Labute approximate surface area is 144 Å². The van der Waals surface area contributed by atoms with Crippen LogP contribution in [0.15, 0.2) is 21.8 Å². The molecule has 0 bridgehead atoms. The minimum Gasteiger partial charge on any atom is -0.379 e. The molecule has 0 radical (unpaired) electrons. The minimum absolute atomic E-state index is 0.463. The lowest BCUT2D eigenvalue weighted by Crippen LogP contribution is -2.40. The molecule has 0 spiro atoms. The lowest BCUT2D eigenvalue weighted by atomic mass is 10.1. The molecule has 1 aromatic heterocycles. The van der Waals surface area contributed by atoms with E-state index in [9.17, 15) is 0 Å². The number of nitrogens with one attached hydrogen (secondary N) is 2. The van der Waals surface area contributed by atoms with E-state index in [0.29, 0.717) is 5.92 Å². The summed E-state index contributed by atoms with van der Waals surface area (Å²) < 4.78 is 5.38. The fourth-order valence-corrected chi connectivity index (χ4v) is 3.35. The van der Waals surface area contributed by atoms with Gasteiger partial charge in [-0.15, -0.1) is 0 Å². The van der Waals surface area contributed by atoms with Crippen molar-refractivity contribution in [2.75, 3.05) is 52.5 Å². The fraction of sp³-hybridized carbons (Fsp3) is 0.706. The van der Waals surface area contributed by atoms with Crippen LogP contribution >= 0.6 is 11.3 Å². The number of rotatable bonds is 8. The normalized spacial score (nSPS) is 17.9. The fourth-order valence-electron chi connectivity index (χ4n) is 2.57. The van der Waals surface area contributed by atoms with Crippen LogP contribution in [0.5, 0.6) is 0 Å². The van der Waals surface area contributed by atoms with Gasteiger partial charge in [0.1, 0.15) is 0 Å². The highest BCUT2D eigenvalue weighted by Crippen LogP contribution is 2.18. The van der Waals surface area contributed by atoms with E-state index < -0.39 is 0 Å². The third-order valence-corrected chi connectivity index (χ3v) is 4.73. The van der Waals surface area contributed by atoms with Gasteiger partial charge in [-0.3, -0.25) is 9.89 Å². The largest absolute Gasteiger partial charge is 0.379 e. The van der Waals surface area contributed by atoms with E-state index in [1.807, 2.05) is 0 Å². The van der Waals surface area contributed by atoms with Crippen LogP contribution in [0.1, 0.15) is 31.7 Å². The van der Waals surface area contributed by atoms with Gasteiger partial charge in [0.15, 0.2) is 5.96 Å². The van der Waals surface area contributed by atoms with Gasteiger partial charge in [-0.2, -0.15) is 11.3 Å². The molecular weight excluding hydrogens is 308 g/mol. The lowest BCUT2D eigenvalue weighted by Gasteiger charge is -2.26. The Morgan fingerprint density at radius 3 is 2.91 bits per heavy atom. The molecular formula is C17H30N4OS. The number of hydrogen-bond donors (Lipinski definition) is 2. The maximum Gasteiger partial charge on any atom is 0.191 e. The van der Waals surface area contributed by atoms with Crippen LogP contribution in [0.2, 0.25) is 0 Å². The zero-order valence-corrected chi connectivity index (χ0v) is 15.2. The smallest absolute Gasteiger partial charge is 0.191 e. The van der Waals surface area contributed by atoms with Crippen LogP contribution in [-0.4, -0.2) is 63.3 Å². The molecule has 1 aliphatic rings. The van der Waals surface area contributed by atoms with Crippen molar-refractivity contribution < 1.29 is 4.74 Å². The van der Waals surface area contributed by atoms with E-state index >= 15 is 0 Å². The average molecular weight is 339 g/mol. The molecule has 6 heteroatoms. The molecule has 0 aliphatic carbocycles. The molecule has 5 nitrogen and oxygen atoms in total. The van der Waals surface area contributed by atoms with Crippen LogP contribution in [0.3, 0.4) is 0 Å². The second kappa shape index (κ2) is 10.6. The van der Waals surface area contributed by atoms with Crippen LogP contribution in [0.25, 0.3) is 0 Å². The zero-order chi connectivity index (χ0) is 16.3. The highest BCUT2D eigenvalue weighted by atomic mass is 32.1. The van der Waals surface area contributed by atoms with Gasteiger partial charge in [0, 0.05) is 38.6 Å². The van der Waals surface area contributed by atoms with E-state index in [1.165, 1.54) is 5.56 Å². The highest BCUT2D eigenvalue weighted by molar-refractivity contribution is 7.07. The summed E-state index contributed by atoms with van der Waals surface area (Å²) in [7, 11) is 0. The van der Waals surface area contributed by atoms with E-state index in [-0.39, 0.29) is 0 Å². The minimum atomic E-state index is 0.463. The molecule has 1 saturated heterocycles. The average Bonchev–Trinajstić information content (AvgIpc) is 3.11. The van der Waals surface area contributed by atoms with E-state index in [2.05, 4.69) is 46.2 Å². The van der Waals surface area contributed by atoms with E-state index in [1.54, 1.807) is 11.3 Å². The van der Waals surface area contributed by atoms with Gasteiger partial charge >= 0.3 is 0 Å². The van der Waals surface area contributed by atoms with Crippen molar-refractivity contribution in [3.63, 3.8) is 0 Å². The van der Waals surface area contributed by atoms with Gasteiger partial charge in [-0.05, 0) is 42.3 Å². The van der Waals surface area contributed by atoms with Gasteiger partial charge in [-0.1, -0.05) is 6.92 Å². The number of nitrogens with zero attached hydrogens (tertiary/aromatic N) is 2. The summed E-state index contributed by atoms with van der Waals surface area (Å²) in [5, 5.41) is 11.1. The van der Waals surface area contributed by atoms with E-state index in [0.717, 1.165) is 64.9 Å². The van der Waals surface area contributed by atoms with Gasteiger partial charge in [-0.25, -0.2) is 0 Å². The Morgan fingerprint density at radius 2 is 2.22 bits per heavy atom. The Hall–Kier alpha value is -1.11. The molecule has 0 saturated carbocycles. The van der Waals surface area contributed by atoms with Gasteiger partial charge in [0.2, 0.25) is 0 Å². The maximum atomic E-state index is 5.38. The third kappa shape index (κ3) is 6.89. The summed E-state index contributed by atoms with van der Waals surface area (Å²) in [4.78, 5) is 7.19. The van der Waals surface area contributed by atoms with Crippen molar-refractivity contribution in [3.8, 4) is 0 Å². The third-order valence-electron chi connectivity index (χ3n) is 4.03. The Bertz CT molecular complexity index is 443. The van der Waals surface area contributed by atoms with Crippen molar-refractivity contribution in [2.24, 2.45) is 4.99 Å². The molecule has 1 aliphatic heterocycles. The Balaban J connectivity index is 1.68. The number of aliphatic imine (C=N–C) groups is 1. The predicted molar refractivity (Wildman–Crippen MR) is 98.6 cm³/mol. The Kier molecular flexibility index (Phi) is 8.42. The number of guanidine groups is 1. The van der Waals surface area contributed by atoms with Crippen LogP contribution in [0, 0.1) is 0 Å². The lowest BCUT2D eigenvalue weighted by molar-refractivity contribution is 0.0376. The number of hydrogen-bond acceptors (Lipinski definition) is 4. The van der Waals surface area contributed by atoms with Gasteiger partial charge < -0.3 is 15.4 Å². The van der Waals surface area contributed by atoms with Crippen LogP contribution < -0.4 is 10.6 Å². The molecule has 130 valence electrons. The SMILES string of the molecule is CCNC(=NCC(C)c1ccsc1)NCCCN1CCOCC1. The van der Waals surface area contributed by atoms with Gasteiger partial charge in [0.05, 0.1) is 13.2 Å². The molecule has 1 aromatic rings. The maximum absolute atomic E-state index is 5.38. The molecule has 0 aromatic carbocycles. The monoisotopic (exact) mass is 338 g/mol. The van der Waals surface area contributed by atoms with Crippen molar-refractivity contribution in [1.82, 2.24) is 15.5 Å². The molecule has 1 atom stereocenters. The number of thiophene rings is 1. The van der Waals surface area contributed by atoms with Crippen molar-refractivity contribution in [1.29, 1.82) is 0 Å². The zero-order valence-electron chi connectivity index (χ0n) is 14.4. The number of morpholine rings is 1. The first-order valence-electron chi connectivity index (χ1n) is 8.64. The summed E-state index contributed by atoms with van der Waals surface area (Å²) >= 11 is 1.75. The van der Waals surface area contributed by atoms with Crippen LogP contribution in [0.4, 0.5) is 0 Å². The first kappa shape index (κ1) is 18.2.